The van der Waals surface area contributed by atoms with E-state index in [0.29, 0.717) is 30.8 Å². The van der Waals surface area contributed by atoms with Crippen LogP contribution in [0.1, 0.15) is 107 Å². The van der Waals surface area contributed by atoms with E-state index in [1.807, 2.05) is 32.9 Å². The van der Waals surface area contributed by atoms with E-state index in [2.05, 4.69) is 58.9 Å². The number of carbonyl (C=O) groups is 1. The van der Waals surface area contributed by atoms with E-state index in [1.54, 1.807) is 4.90 Å². The summed E-state index contributed by atoms with van der Waals surface area (Å²) in [6, 6.07) is 14.7. The SMILES string of the molecule is CC(C)c1cccc(C2CCC(c3nnc4n3-c3ccccc3CN(C(=O)OC(C)(C)C)C4)CC2)n1. The lowest BCUT2D eigenvalue weighted by atomic mass is 9.79. The summed E-state index contributed by atoms with van der Waals surface area (Å²) in [4.78, 5) is 19.7. The molecule has 0 bridgehead atoms. The van der Waals surface area contributed by atoms with Gasteiger partial charge in [-0.3, -0.25) is 14.5 Å². The molecule has 0 spiro atoms. The van der Waals surface area contributed by atoms with Crippen LogP contribution in [0.15, 0.2) is 42.5 Å². The third-order valence-electron chi connectivity index (χ3n) is 7.23. The molecule has 0 saturated heterocycles. The number of carbonyl (C=O) groups excluding carboxylic acids is 1. The summed E-state index contributed by atoms with van der Waals surface area (Å²) < 4.78 is 7.88. The van der Waals surface area contributed by atoms with Crippen LogP contribution >= 0.6 is 0 Å². The number of amides is 1. The molecule has 1 amide bonds. The monoisotopic (exact) mass is 487 g/mol. The maximum atomic E-state index is 13.0. The Morgan fingerprint density at radius 2 is 1.67 bits per heavy atom. The number of nitrogens with zero attached hydrogens (tertiary/aromatic N) is 5. The maximum absolute atomic E-state index is 13.0. The van der Waals surface area contributed by atoms with Gasteiger partial charge in [-0.2, -0.15) is 0 Å². The lowest BCUT2D eigenvalue weighted by Gasteiger charge is -2.28. The molecule has 3 aromatic rings. The second-order valence-corrected chi connectivity index (χ2v) is 11.5. The smallest absolute Gasteiger partial charge is 0.411 e. The molecule has 190 valence electrons. The van der Waals surface area contributed by atoms with Crippen molar-refractivity contribution in [2.45, 2.75) is 96.7 Å². The van der Waals surface area contributed by atoms with Crippen molar-refractivity contribution in [1.82, 2.24) is 24.6 Å². The lowest BCUT2D eigenvalue weighted by molar-refractivity contribution is 0.0214. The van der Waals surface area contributed by atoms with Crippen LogP contribution in [0.3, 0.4) is 0 Å². The van der Waals surface area contributed by atoms with Gasteiger partial charge in [-0.05, 0) is 76.1 Å². The van der Waals surface area contributed by atoms with E-state index < -0.39 is 5.60 Å². The first kappa shape index (κ1) is 24.5. The second kappa shape index (κ2) is 9.68. The van der Waals surface area contributed by atoms with Crippen molar-refractivity contribution in [2.24, 2.45) is 0 Å². The number of aromatic nitrogens is 4. The molecular weight excluding hydrogens is 450 g/mol. The average Bonchev–Trinajstić information content (AvgIpc) is 3.18. The van der Waals surface area contributed by atoms with Crippen molar-refractivity contribution in [3.8, 4) is 5.69 Å². The summed E-state index contributed by atoms with van der Waals surface area (Å²) in [5, 5.41) is 9.26. The Kier molecular flexibility index (Phi) is 6.58. The summed E-state index contributed by atoms with van der Waals surface area (Å²) in [6.07, 6.45) is 3.95. The normalized spacial score (nSPS) is 20.0. The highest BCUT2D eigenvalue weighted by Gasteiger charge is 2.33. The molecule has 1 aliphatic carbocycles. The number of pyridine rings is 1. The molecule has 2 aliphatic rings. The quantitative estimate of drug-likeness (QED) is 0.423. The molecule has 7 heteroatoms. The summed E-state index contributed by atoms with van der Waals surface area (Å²) >= 11 is 0. The number of para-hydroxylation sites is 1. The first-order valence-corrected chi connectivity index (χ1v) is 13.2. The van der Waals surface area contributed by atoms with Crippen molar-refractivity contribution in [2.75, 3.05) is 0 Å². The number of fused-ring (bicyclic) bond motifs is 3. The molecule has 0 radical (unpaired) electrons. The van der Waals surface area contributed by atoms with Gasteiger partial charge in [0.1, 0.15) is 11.4 Å². The molecular formula is C29H37N5O2. The van der Waals surface area contributed by atoms with Gasteiger partial charge in [0.25, 0.3) is 0 Å². The van der Waals surface area contributed by atoms with Crippen LogP contribution in [0.5, 0.6) is 0 Å². The number of benzene rings is 1. The Bertz CT molecular complexity index is 1230. The minimum Gasteiger partial charge on any atom is -0.444 e. The van der Waals surface area contributed by atoms with Crippen molar-refractivity contribution in [3.05, 3.63) is 71.1 Å². The van der Waals surface area contributed by atoms with Crippen LogP contribution in [-0.4, -0.2) is 36.3 Å². The summed E-state index contributed by atoms with van der Waals surface area (Å²) in [6.45, 7) is 10.9. The van der Waals surface area contributed by atoms with Crippen molar-refractivity contribution in [1.29, 1.82) is 0 Å². The molecule has 1 aliphatic heterocycles. The van der Waals surface area contributed by atoms with Crippen LogP contribution in [0, 0.1) is 0 Å². The summed E-state index contributed by atoms with van der Waals surface area (Å²) in [5.74, 6) is 3.05. The van der Waals surface area contributed by atoms with E-state index in [4.69, 9.17) is 9.72 Å². The highest BCUT2D eigenvalue weighted by atomic mass is 16.6. The van der Waals surface area contributed by atoms with E-state index in [-0.39, 0.29) is 6.09 Å². The minimum absolute atomic E-state index is 0.327. The molecule has 7 nitrogen and oxygen atoms in total. The topological polar surface area (TPSA) is 73.1 Å². The standard InChI is InChI=1S/C29H37N5O2/c1-19(2)23-10-8-11-24(30-23)20-13-15-21(16-14-20)27-32-31-26-18-33(28(35)36-29(3,4)5)17-22-9-6-7-12-25(22)34(26)27/h6-12,19-21H,13-18H2,1-5H3. The highest BCUT2D eigenvalue weighted by molar-refractivity contribution is 5.68. The van der Waals surface area contributed by atoms with E-state index in [9.17, 15) is 4.79 Å². The molecule has 2 aromatic heterocycles. The zero-order valence-electron chi connectivity index (χ0n) is 22.1. The van der Waals surface area contributed by atoms with Crippen LogP contribution in [-0.2, 0) is 17.8 Å². The number of rotatable bonds is 3. The minimum atomic E-state index is -0.552. The van der Waals surface area contributed by atoms with Crippen LogP contribution in [0.2, 0.25) is 0 Å². The van der Waals surface area contributed by atoms with Crippen LogP contribution in [0.4, 0.5) is 4.79 Å². The van der Waals surface area contributed by atoms with E-state index in [1.165, 1.54) is 11.4 Å². The van der Waals surface area contributed by atoms with Gasteiger partial charge in [0.05, 0.1) is 18.8 Å². The second-order valence-electron chi connectivity index (χ2n) is 11.5. The van der Waals surface area contributed by atoms with Gasteiger partial charge in [-0.1, -0.05) is 38.1 Å². The van der Waals surface area contributed by atoms with E-state index >= 15 is 0 Å². The molecule has 1 saturated carbocycles. The van der Waals surface area contributed by atoms with Gasteiger partial charge >= 0.3 is 6.09 Å². The largest absolute Gasteiger partial charge is 0.444 e. The van der Waals surface area contributed by atoms with Gasteiger partial charge in [-0.15, -0.1) is 10.2 Å². The first-order valence-electron chi connectivity index (χ1n) is 13.2. The molecule has 0 unspecified atom stereocenters. The molecule has 5 rings (SSSR count). The number of hydrogen-bond acceptors (Lipinski definition) is 5. The fraction of sp³-hybridized carbons (Fsp3) is 0.517. The van der Waals surface area contributed by atoms with Gasteiger partial charge < -0.3 is 4.74 Å². The van der Waals surface area contributed by atoms with Gasteiger partial charge in [0.2, 0.25) is 0 Å². The van der Waals surface area contributed by atoms with Crippen LogP contribution in [0.25, 0.3) is 5.69 Å². The first-order chi connectivity index (χ1) is 17.2. The van der Waals surface area contributed by atoms with Crippen molar-refractivity contribution in [3.63, 3.8) is 0 Å². The third kappa shape index (κ3) is 5.01. The Morgan fingerprint density at radius 3 is 2.39 bits per heavy atom. The maximum Gasteiger partial charge on any atom is 0.411 e. The zero-order valence-corrected chi connectivity index (χ0v) is 22.1. The Labute approximate surface area is 213 Å². The van der Waals surface area contributed by atoms with Crippen molar-refractivity contribution >= 4 is 6.09 Å². The number of ether oxygens (including phenoxy) is 1. The van der Waals surface area contributed by atoms with Gasteiger partial charge in [0.15, 0.2) is 5.82 Å². The highest BCUT2D eigenvalue weighted by Crippen LogP contribution is 2.41. The molecule has 36 heavy (non-hydrogen) atoms. The molecule has 1 aromatic carbocycles. The van der Waals surface area contributed by atoms with Crippen molar-refractivity contribution < 1.29 is 9.53 Å². The molecule has 0 N–H and O–H groups in total. The summed E-state index contributed by atoms with van der Waals surface area (Å²) in [5.41, 5.74) is 3.98. The fourth-order valence-corrected chi connectivity index (χ4v) is 5.38. The predicted octanol–water partition coefficient (Wildman–Crippen LogP) is 6.48. The average molecular weight is 488 g/mol. The fourth-order valence-electron chi connectivity index (χ4n) is 5.38. The number of hydrogen-bond donors (Lipinski definition) is 0. The Hall–Kier alpha value is -3.22. The molecule has 0 atom stereocenters. The van der Waals surface area contributed by atoms with Gasteiger partial charge in [-0.25, -0.2) is 4.79 Å². The Morgan fingerprint density at radius 1 is 0.944 bits per heavy atom. The molecule has 1 fully saturated rings. The third-order valence-corrected chi connectivity index (χ3v) is 7.23. The Balaban J connectivity index is 1.39. The van der Waals surface area contributed by atoms with Gasteiger partial charge in [0, 0.05) is 23.2 Å². The molecule has 3 heterocycles. The predicted molar refractivity (Wildman–Crippen MR) is 139 cm³/mol. The van der Waals surface area contributed by atoms with Crippen LogP contribution < -0.4 is 0 Å². The summed E-state index contributed by atoms with van der Waals surface area (Å²) in [7, 11) is 0. The zero-order chi connectivity index (χ0) is 25.4. The lowest BCUT2D eigenvalue weighted by Crippen LogP contribution is -2.35. The van der Waals surface area contributed by atoms with E-state index in [0.717, 1.165) is 48.6 Å².